The number of anilines is 1. The van der Waals surface area contributed by atoms with Crippen LogP contribution in [0.2, 0.25) is 0 Å². The third-order valence-corrected chi connectivity index (χ3v) is 13.2. The number of hydrogen-bond acceptors (Lipinski definition) is 13. The van der Waals surface area contributed by atoms with E-state index < -0.39 is 23.9 Å². The van der Waals surface area contributed by atoms with Gasteiger partial charge in [0.05, 0.1) is 56.5 Å². The van der Waals surface area contributed by atoms with Gasteiger partial charge in [-0.3, -0.25) is 43.7 Å². The maximum atomic E-state index is 14.0. The number of unbranched alkanes of at least 4 members (excludes halogenated alkanes) is 2. The van der Waals surface area contributed by atoms with E-state index in [1.165, 1.54) is 29.7 Å². The van der Waals surface area contributed by atoms with Gasteiger partial charge in [-0.1, -0.05) is 38.0 Å². The highest BCUT2D eigenvalue weighted by molar-refractivity contribution is 6.13. The maximum Gasteiger partial charge on any atom is 0.260 e. The largest absolute Gasteiger partial charge is 0.493 e. The average Bonchev–Trinajstić information content (AvgIpc) is 4.00. The van der Waals surface area contributed by atoms with Gasteiger partial charge in [-0.2, -0.15) is 0 Å². The van der Waals surface area contributed by atoms with Crippen LogP contribution in [0, 0.1) is 5.92 Å². The van der Waals surface area contributed by atoms with Gasteiger partial charge in [0, 0.05) is 86.5 Å². The lowest BCUT2D eigenvalue weighted by Crippen LogP contribution is -2.53. The second kappa shape index (κ2) is 22.5. The zero-order valence-corrected chi connectivity index (χ0v) is 41.6. The molecule has 0 saturated carbocycles. The van der Waals surface area contributed by atoms with Crippen LogP contribution >= 0.6 is 0 Å². The fraction of sp³-hybridized carbons (Fsp3) is 0.407. The second-order valence-electron chi connectivity index (χ2n) is 18.9. The predicted octanol–water partition coefficient (Wildman–Crippen LogP) is 6.79. The molecule has 8 rings (SSSR count). The Balaban J connectivity index is 0.798. The molecule has 3 aromatic rings. The molecule has 5 aliphatic rings. The Labute approximate surface area is 419 Å². The molecule has 0 radical (unpaired) electrons. The first-order chi connectivity index (χ1) is 34.7. The first-order valence-corrected chi connectivity index (χ1v) is 24.5. The molecular formula is C54H62N8O10. The Morgan fingerprint density at radius 3 is 2.10 bits per heavy atom. The Morgan fingerprint density at radius 1 is 0.736 bits per heavy atom. The normalized spacial score (nSPS) is 18.3. The van der Waals surface area contributed by atoms with Crippen LogP contribution in [0.3, 0.4) is 0 Å². The number of fused-ring (bicyclic) bond motifs is 4. The second-order valence-corrected chi connectivity index (χ2v) is 18.9. The summed E-state index contributed by atoms with van der Waals surface area (Å²) in [7, 11) is 3.16. The Kier molecular flexibility index (Phi) is 15.9. The number of carbonyl (C=O) groups is 6. The van der Waals surface area contributed by atoms with Crippen LogP contribution in [0.1, 0.15) is 94.1 Å². The van der Waals surface area contributed by atoms with Gasteiger partial charge in [0.1, 0.15) is 12.1 Å². The van der Waals surface area contributed by atoms with Gasteiger partial charge >= 0.3 is 0 Å². The zero-order chi connectivity index (χ0) is 51.1. The van der Waals surface area contributed by atoms with Crippen LogP contribution in [0.4, 0.5) is 17.1 Å². The van der Waals surface area contributed by atoms with Gasteiger partial charge in [0.2, 0.25) is 17.7 Å². The van der Waals surface area contributed by atoms with Crippen molar-refractivity contribution in [2.24, 2.45) is 15.9 Å². The lowest BCUT2D eigenvalue weighted by atomic mass is 10.0. The molecule has 0 bridgehead atoms. The third kappa shape index (κ3) is 11.7. The minimum absolute atomic E-state index is 0.171. The smallest absolute Gasteiger partial charge is 0.260 e. The van der Waals surface area contributed by atoms with Gasteiger partial charge < -0.3 is 44.7 Å². The Bertz CT molecular complexity index is 2740. The summed E-state index contributed by atoms with van der Waals surface area (Å²) in [6.07, 6.45) is 14.2. The summed E-state index contributed by atoms with van der Waals surface area (Å²) in [5.41, 5.74) is 6.42. The highest BCUT2D eigenvalue weighted by Crippen LogP contribution is 2.41. The van der Waals surface area contributed by atoms with Crippen molar-refractivity contribution in [3.05, 3.63) is 95.3 Å². The molecule has 3 N–H and O–H groups in total. The molecule has 0 spiro atoms. The summed E-state index contributed by atoms with van der Waals surface area (Å²) in [5.74, 6) is -0.253. The maximum absolute atomic E-state index is 14.0. The van der Waals surface area contributed by atoms with Crippen molar-refractivity contribution >= 4 is 70.5 Å². The van der Waals surface area contributed by atoms with Crippen LogP contribution in [-0.2, 0) is 30.5 Å². The number of methoxy groups -OCH3 is 2. The molecule has 0 saturated heterocycles. The number of nitrogens with zero attached hydrogens (tertiary/aromatic N) is 5. The average molecular weight is 983 g/mol. The molecule has 72 heavy (non-hydrogen) atoms. The minimum atomic E-state index is -0.912. The minimum Gasteiger partial charge on any atom is -0.493 e. The van der Waals surface area contributed by atoms with E-state index in [0.29, 0.717) is 85.3 Å². The molecule has 0 fully saturated rings. The third-order valence-electron chi connectivity index (χ3n) is 13.2. The van der Waals surface area contributed by atoms with Gasteiger partial charge in [-0.05, 0) is 80.6 Å². The number of aliphatic imine (C=N–C) groups is 2. The molecule has 18 nitrogen and oxygen atoms in total. The topological polar surface area (TPSA) is 210 Å². The van der Waals surface area contributed by atoms with Crippen LogP contribution in [0.25, 0.3) is 5.57 Å². The number of benzene rings is 3. The number of nitrogens with one attached hydrogen (secondary N) is 3. The van der Waals surface area contributed by atoms with Crippen LogP contribution in [0.15, 0.2) is 88.6 Å². The summed E-state index contributed by atoms with van der Waals surface area (Å²) < 4.78 is 23.7. The molecule has 5 heterocycles. The van der Waals surface area contributed by atoms with Gasteiger partial charge in [0.25, 0.3) is 17.7 Å². The molecule has 4 atom stereocenters. The van der Waals surface area contributed by atoms with E-state index >= 15 is 0 Å². The first kappa shape index (κ1) is 50.6. The van der Waals surface area contributed by atoms with Crippen LogP contribution in [0.5, 0.6) is 23.0 Å². The number of amides is 6. The van der Waals surface area contributed by atoms with E-state index in [4.69, 9.17) is 28.9 Å². The molecule has 18 heteroatoms. The monoisotopic (exact) mass is 982 g/mol. The standard InChI is InChI=1S/C54H62N8O10/c1-32(2)51(59-48(63)11-8-7-9-18-61-49(64)16-17-50(61)65)53(67)57-34(4)52(66)58-38-14-12-35(13-15-38)36-22-40-28-56-43-26-47(45(70-6)24-41(43)54(68)62(40)31-36)72-20-10-19-71-46-25-42-37(23-44(46)69-5)30-60-29-33(3)21-39(60)27-55-42/h12-17,23-29,31-32,34,39-40,51H,7-11,18-22,30H2,1-6H3,(H,57,67)(H,58,66)(H,59,63). The number of hydrogen-bond donors (Lipinski definition) is 3. The Morgan fingerprint density at radius 2 is 1.40 bits per heavy atom. The number of imide groups is 1. The van der Waals surface area contributed by atoms with Gasteiger partial charge in [0.15, 0.2) is 23.0 Å². The summed E-state index contributed by atoms with van der Waals surface area (Å²) in [6, 6.07) is 12.7. The highest BCUT2D eigenvalue weighted by atomic mass is 16.5. The Hall–Kier alpha value is -7.76. The van der Waals surface area contributed by atoms with Crippen molar-refractivity contribution in [2.75, 3.05) is 39.3 Å². The zero-order valence-electron chi connectivity index (χ0n) is 41.6. The van der Waals surface area contributed by atoms with E-state index in [0.717, 1.165) is 35.4 Å². The fourth-order valence-corrected chi connectivity index (χ4v) is 9.20. The van der Waals surface area contributed by atoms with Gasteiger partial charge in [-0.25, -0.2) is 0 Å². The summed E-state index contributed by atoms with van der Waals surface area (Å²) in [5, 5.41) is 8.35. The number of rotatable bonds is 21. The molecule has 378 valence electrons. The van der Waals surface area contributed by atoms with Crippen LogP contribution < -0.4 is 34.9 Å². The number of carbonyl (C=O) groups excluding carboxylic acids is 6. The van der Waals surface area contributed by atoms with Crippen LogP contribution in [-0.4, -0.2) is 121 Å². The van der Waals surface area contributed by atoms with E-state index in [-0.39, 0.29) is 54.6 Å². The summed E-state index contributed by atoms with van der Waals surface area (Å²) in [4.78, 5) is 91.4. The fourth-order valence-electron chi connectivity index (χ4n) is 9.20. The van der Waals surface area contributed by atoms with Crippen molar-refractivity contribution < 1.29 is 47.7 Å². The van der Waals surface area contributed by atoms with Gasteiger partial charge in [-0.15, -0.1) is 0 Å². The van der Waals surface area contributed by atoms with E-state index in [9.17, 15) is 28.8 Å². The molecule has 0 aliphatic carbocycles. The summed E-state index contributed by atoms with van der Waals surface area (Å²) in [6.45, 7) is 9.04. The molecule has 4 unspecified atom stereocenters. The van der Waals surface area contributed by atoms with E-state index in [1.54, 1.807) is 63.3 Å². The number of ether oxygens (including phenoxy) is 4. The quantitative estimate of drug-likeness (QED) is 0.0748. The van der Waals surface area contributed by atoms with Crippen molar-refractivity contribution in [3.63, 3.8) is 0 Å². The summed E-state index contributed by atoms with van der Waals surface area (Å²) >= 11 is 0. The van der Waals surface area contributed by atoms with Crippen molar-refractivity contribution in [1.82, 2.24) is 25.3 Å². The van der Waals surface area contributed by atoms with Crippen molar-refractivity contribution in [2.45, 2.75) is 103 Å². The van der Waals surface area contributed by atoms with E-state index in [1.807, 2.05) is 36.7 Å². The molecule has 0 aromatic heterocycles. The molecule has 5 aliphatic heterocycles. The lowest BCUT2D eigenvalue weighted by Gasteiger charge is -2.24. The SMILES string of the molecule is COc1cc2c(cc1OCCCOc1cc3c(cc1OC)C(=O)N1C=C(c4ccc(NC(=O)C(C)NC(=O)C(NC(=O)CCCCCN5C(=O)C=CC5=O)C(C)C)cc4)CC1C=N3)N=CC1CC(C)=CN1C2. The van der Waals surface area contributed by atoms with Crippen molar-refractivity contribution in [3.8, 4) is 23.0 Å². The molecule has 6 amide bonds. The van der Waals surface area contributed by atoms with E-state index in [2.05, 4.69) is 34.0 Å². The highest BCUT2D eigenvalue weighted by Gasteiger charge is 2.34. The first-order valence-electron chi connectivity index (χ1n) is 24.5. The lowest BCUT2D eigenvalue weighted by molar-refractivity contribution is -0.137. The predicted molar refractivity (Wildman–Crippen MR) is 272 cm³/mol. The molecule has 3 aromatic carbocycles. The van der Waals surface area contributed by atoms with Crippen molar-refractivity contribution in [1.29, 1.82) is 0 Å². The molecular weight excluding hydrogens is 921 g/mol.